The predicted molar refractivity (Wildman–Crippen MR) is 125 cm³/mol. The first kappa shape index (κ1) is 22.7. The van der Waals surface area contributed by atoms with Crippen LogP contribution in [0.15, 0.2) is 65.9 Å². The first-order valence-electron chi connectivity index (χ1n) is 9.36. The van der Waals surface area contributed by atoms with Crippen molar-refractivity contribution in [3.8, 4) is 5.75 Å². The van der Waals surface area contributed by atoms with Crippen molar-refractivity contribution in [2.75, 3.05) is 6.54 Å². The number of nitrogens with zero attached hydrogens (tertiary/aromatic N) is 4. The first-order chi connectivity index (χ1) is 13.8. The van der Waals surface area contributed by atoms with Crippen LogP contribution in [0.4, 0.5) is 0 Å². The zero-order valence-electron chi connectivity index (χ0n) is 16.7. The van der Waals surface area contributed by atoms with Crippen LogP contribution in [0.1, 0.15) is 23.9 Å². The van der Waals surface area contributed by atoms with Crippen LogP contribution in [0.3, 0.4) is 0 Å². The Labute approximate surface area is 188 Å². The highest BCUT2D eigenvalue weighted by molar-refractivity contribution is 14.0. The summed E-state index contributed by atoms with van der Waals surface area (Å²) >= 11 is 0. The maximum absolute atomic E-state index is 6.02. The van der Waals surface area contributed by atoms with Gasteiger partial charge >= 0.3 is 0 Å². The van der Waals surface area contributed by atoms with Crippen LogP contribution in [0, 0.1) is 0 Å². The molecule has 0 aliphatic heterocycles. The second-order valence-electron chi connectivity index (χ2n) is 6.23. The molecular weight excluding hydrogens is 479 g/mol. The molecule has 0 aliphatic rings. The fourth-order valence-corrected chi connectivity index (χ4v) is 2.66. The molecule has 154 valence electrons. The van der Waals surface area contributed by atoms with Gasteiger partial charge in [0.15, 0.2) is 5.96 Å². The van der Waals surface area contributed by atoms with Gasteiger partial charge in [-0.25, -0.2) is 9.98 Å². The quantitative estimate of drug-likeness (QED) is 0.279. The van der Waals surface area contributed by atoms with Crippen molar-refractivity contribution in [2.45, 2.75) is 26.6 Å². The SMILES string of the molecule is CCNC(=NCc1ccccc1OCc1ccccc1)NCc1ncnn1C.I. The molecular formula is C21H27IN6O. The van der Waals surface area contributed by atoms with E-state index in [0.717, 1.165) is 35.2 Å². The number of para-hydroxylation sites is 1. The van der Waals surface area contributed by atoms with Crippen LogP contribution in [0.2, 0.25) is 0 Å². The highest BCUT2D eigenvalue weighted by Gasteiger charge is 2.06. The number of guanidine groups is 1. The average molecular weight is 506 g/mol. The molecule has 0 radical (unpaired) electrons. The van der Waals surface area contributed by atoms with Crippen LogP contribution in [0.25, 0.3) is 0 Å². The first-order valence-corrected chi connectivity index (χ1v) is 9.36. The van der Waals surface area contributed by atoms with Crippen LogP contribution >= 0.6 is 24.0 Å². The minimum Gasteiger partial charge on any atom is -0.489 e. The third-order valence-corrected chi connectivity index (χ3v) is 4.18. The summed E-state index contributed by atoms with van der Waals surface area (Å²) in [6.07, 6.45) is 1.54. The Kier molecular flexibility index (Phi) is 9.42. The molecule has 0 saturated heterocycles. The van der Waals surface area contributed by atoms with Crippen LogP contribution in [0.5, 0.6) is 5.75 Å². The third kappa shape index (κ3) is 7.04. The van der Waals surface area contributed by atoms with E-state index in [1.54, 1.807) is 11.0 Å². The number of ether oxygens (including phenoxy) is 1. The fourth-order valence-electron chi connectivity index (χ4n) is 2.66. The van der Waals surface area contributed by atoms with E-state index in [1.807, 2.05) is 56.4 Å². The van der Waals surface area contributed by atoms with Crippen molar-refractivity contribution in [1.82, 2.24) is 25.4 Å². The highest BCUT2D eigenvalue weighted by Crippen LogP contribution is 2.20. The van der Waals surface area contributed by atoms with Crippen LogP contribution < -0.4 is 15.4 Å². The van der Waals surface area contributed by atoms with Crippen molar-refractivity contribution in [3.63, 3.8) is 0 Å². The van der Waals surface area contributed by atoms with E-state index in [1.165, 1.54) is 0 Å². The number of halogens is 1. The molecule has 0 saturated carbocycles. The molecule has 1 aromatic heterocycles. The summed E-state index contributed by atoms with van der Waals surface area (Å²) in [4.78, 5) is 8.91. The van der Waals surface area contributed by atoms with Gasteiger partial charge in [-0.15, -0.1) is 24.0 Å². The second kappa shape index (κ2) is 12.1. The summed E-state index contributed by atoms with van der Waals surface area (Å²) in [5, 5.41) is 10.6. The topological polar surface area (TPSA) is 76.4 Å². The minimum absolute atomic E-state index is 0. The Balaban J connectivity index is 0.00000300. The number of aliphatic imine (C=N–C) groups is 1. The lowest BCUT2D eigenvalue weighted by Gasteiger charge is -2.13. The van der Waals surface area contributed by atoms with Gasteiger partial charge in [-0.2, -0.15) is 5.10 Å². The van der Waals surface area contributed by atoms with E-state index >= 15 is 0 Å². The molecule has 0 atom stereocenters. The van der Waals surface area contributed by atoms with E-state index in [2.05, 4.69) is 37.8 Å². The Bertz CT molecular complexity index is 897. The number of benzene rings is 2. The van der Waals surface area contributed by atoms with E-state index in [0.29, 0.717) is 19.7 Å². The molecule has 1 heterocycles. The zero-order chi connectivity index (χ0) is 19.6. The second-order valence-corrected chi connectivity index (χ2v) is 6.23. The molecule has 0 fully saturated rings. The maximum Gasteiger partial charge on any atom is 0.191 e. The number of hydrogen-bond donors (Lipinski definition) is 2. The molecule has 0 aliphatic carbocycles. The summed E-state index contributed by atoms with van der Waals surface area (Å²) in [5.41, 5.74) is 2.17. The Hall–Kier alpha value is -2.62. The number of rotatable bonds is 8. The molecule has 0 amide bonds. The van der Waals surface area contributed by atoms with Crippen molar-refractivity contribution >= 4 is 29.9 Å². The molecule has 8 heteroatoms. The van der Waals surface area contributed by atoms with Crippen molar-refractivity contribution in [1.29, 1.82) is 0 Å². The number of aromatic nitrogens is 3. The average Bonchev–Trinajstić information content (AvgIpc) is 3.14. The molecule has 7 nitrogen and oxygen atoms in total. The Morgan fingerprint density at radius 3 is 2.55 bits per heavy atom. The van der Waals surface area contributed by atoms with Crippen LogP contribution in [-0.4, -0.2) is 27.3 Å². The lowest BCUT2D eigenvalue weighted by molar-refractivity contribution is 0.303. The summed E-state index contributed by atoms with van der Waals surface area (Å²) in [6.45, 7) is 4.41. The third-order valence-electron chi connectivity index (χ3n) is 4.18. The highest BCUT2D eigenvalue weighted by atomic mass is 127. The molecule has 2 N–H and O–H groups in total. The summed E-state index contributed by atoms with van der Waals surface area (Å²) < 4.78 is 7.76. The summed E-state index contributed by atoms with van der Waals surface area (Å²) in [5.74, 6) is 2.42. The van der Waals surface area contributed by atoms with Crippen molar-refractivity contribution < 1.29 is 4.74 Å². The van der Waals surface area contributed by atoms with Gasteiger partial charge in [-0.05, 0) is 18.6 Å². The summed E-state index contributed by atoms with van der Waals surface area (Å²) in [7, 11) is 1.87. The van der Waals surface area contributed by atoms with Crippen LogP contribution in [-0.2, 0) is 26.7 Å². The molecule has 0 spiro atoms. The number of nitrogens with one attached hydrogen (secondary N) is 2. The van der Waals surface area contributed by atoms with Gasteiger partial charge in [0.05, 0.1) is 13.1 Å². The normalized spacial score (nSPS) is 10.9. The van der Waals surface area contributed by atoms with E-state index in [-0.39, 0.29) is 24.0 Å². The molecule has 0 unspecified atom stereocenters. The van der Waals surface area contributed by atoms with Gasteiger partial charge in [0.25, 0.3) is 0 Å². The molecule has 3 aromatic rings. The van der Waals surface area contributed by atoms with Gasteiger partial charge in [-0.3, -0.25) is 4.68 Å². The van der Waals surface area contributed by atoms with Gasteiger partial charge < -0.3 is 15.4 Å². The fraction of sp³-hybridized carbons (Fsp3) is 0.286. The smallest absolute Gasteiger partial charge is 0.191 e. The number of hydrogen-bond acceptors (Lipinski definition) is 4. The Morgan fingerprint density at radius 1 is 1.07 bits per heavy atom. The largest absolute Gasteiger partial charge is 0.489 e. The lowest BCUT2D eigenvalue weighted by atomic mass is 10.2. The van der Waals surface area contributed by atoms with Crippen molar-refractivity contribution in [3.05, 3.63) is 77.9 Å². The molecule has 29 heavy (non-hydrogen) atoms. The van der Waals surface area contributed by atoms with Gasteiger partial charge in [0, 0.05) is 19.2 Å². The zero-order valence-corrected chi connectivity index (χ0v) is 19.0. The van der Waals surface area contributed by atoms with E-state index in [9.17, 15) is 0 Å². The lowest BCUT2D eigenvalue weighted by Crippen LogP contribution is -2.37. The maximum atomic E-state index is 6.02. The minimum atomic E-state index is 0. The van der Waals surface area contributed by atoms with Crippen molar-refractivity contribution in [2.24, 2.45) is 12.0 Å². The molecule has 2 aromatic carbocycles. The van der Waals surface area contributed by atoms with E-state index < -0.39 is 0 Å². The van der Waals surface area contributed by atoms with Gasteiger partial charge in [-0.1, -0.05) is 48.5 Å². The molecule has 3 rings (SSSR count). The standard InChI is InChI=1S/C21H26N6O.HI/c1-3-22-21(24-14-20-25-16-26-27(20)2)23-13-18-11-7-8-12-19(18)28-15-17-9-5-4-6-10-17;/h4-12,16H,3,13-15H2,1-2H3,(H2,22,23,24);1H. The Morgan fingerprint density at radius 2 is 1.83 bits per heavy atom. The summed E-state index contributed by atoms with van der Waals surface area (Å²) in [6, 6.07) is 18.1. The van der Waals surface area contributed by atoms with Gasteiger partial charge in [0.2, 0.25) is 0 Å². The number of aryl methyl sites for hydroxylation is 1. The van der Waals surface area contributed by atoms with E-state index in [4.69, 9.17) is 4.74 Å². The predicted octanol–water partition coefficient (Wildman–Crippen LogP) is 3.27. The molecule has 0 bridgehead atoms. The van der Waals surface area contributed by atoms with Gasteiger partial charge in [0.1, 0.15) is 24.5 Å². The monoisotopic (exact) mass is 506 g/mol.